The number of hydrogen-bond acceptors (Lipinski definition) is 1. The molecule has 1 aliphatic heterocycles. The van der Waals surface area contributed by atoms with Crippen molar-refractivity contribution in [2.75, 3.05) is 13.1 Å². The number of rotatable bonds is 1. The summed E-state index contributed by atoms with van der Waals surface area (Å²) in [6, 6.07) is 8.51. The smallest absolute Gasteiger partial charge is 0.230 e. The molecule has 0 bridgehead atoms. The largest absolute Gasteiger partial charge is 0.342 e. The molecule has 2 heteroatoms. The van der Waals surface area contributed by atoms with E-state index >= 15 is 0 Å². The fourth-order valence-corrected chi connectivity index (χ4v) is 3.62. The minimum Gasteiger partial charge on any atom is -0.342 e. The maximum Gasteiger partial charge on any atom is 0.230 e. The number of amides is 1. The first-order valence-corrected chi connectivity index (χ1v) is 7.62. The van der Waals surface area contributed by atoms with Gasteiger partial charge in [0.1, 0.15) is 0 Å². The number of aryl methyl sites for hydroxylation is 1. The van der Waals surface area contributed by atoms with Gasteiger partial charge in [0.2, 0.25) is 5.91 Å². The number of nitrogens with zero attached hydrogens (tertiary/aromatic N) is 1. The van der Waals surface area contributed by atoms with Crippen LogP contribution in [0.3, 0.4) is 0 Å². The molecular weight excluding hydrogens is 234 g/mol. The van der Waals surface area contributed by atoms with Crippen LogP contribution in [0.2, 0.25) is 0 Å². The second-order valence-electron chi connectivity index (χ2n) is 6.18. The Morgan fingerprint density at radius 2 is 2.05 bits per heavy atom. The number of hydrogen-bond donors (Lipinski definition) is 0. The number of benzene rings is 1. The fraction of sp³-hybridized carbons (Fsp3) is 0.588. The first kappa shape index (κ1) is 12.7. The van der Waals surface area contributed by atoms with Crippen molar-refractivity contribution in [1.29, 1.82) is 0 Å². The highest BCUT2D eigenvalue weighted by Crippen LogP contribution is 2.33. The van der Waals surface area contributed by atoms with E-state index in [1.807, 2.05) is 0 Å². The van der Waals surface area contributed by atoms with Crippen molar-refractivity contribution >= 4 is 5.91 Å². The normalized spacial score (nSPS) is 26.9. The molecule has 1 aliphatic carbocycles. The maximum atomic E-state index is 12.8. The van der Waals surface area contributed by atoms with Crippen molar-refractivity contribution in [3.05, 3.63) is 35.4 Å². The van der Waals surface area contributed by atoms with Gasteiger partial charge in [-0.05, 0) is 49.1 Å². The molecule has 1 amide bonds. The Balaban J connectivity index is 1.81. The molecule has 2 unspecified atom stereocenters. The molecule has 0 aromatic heterocycles. The van der Waals surface area contributed by atoms with Gasteiger partial charge in [-0.25, -0.2) is 0 Å². The van der Waals surface area contributed by atoms with Crippen LogP contribution < -0.4 is 0 Å². The van der Waals surface area contributed by atoms with Crippen molar-refractivity contribution in [2.45, 2.75) is 44.9 Å². The van der Waals surface area contributed by atoms with Crippen LogP contribution in [-0.4, -0.2) is 23.9 Å². The lowest BCUT2D eigenvalue weighted by Crippen LogP contribution is -2.42. The summed E-state index contributed by atoms with van der Waals surface area (Å²) in [5, 5.41) is 0. The number of piperidine rings is 1. The van der Waals surface area contributed by atoms with Crippen LogP contribution in [0.25, 0.3) is 0 Å². The summed E-state index contributed by atoms with van der Waals surface area (Å²) in [6.07, 6.45) is 5.75. The van der Waals surface area contributed by atoms with E-state index in [0.717, 1.165) is 32.4 Å². The highest BCUT2D eigenvalue weighted by molar-refractivity contribution is 5.84. The van der Waals surface area contributed by atoms with Crippen LogP contribution >= 0.6 is 0 Å². The molecule has 1 aromatic carbocycles. The Hall–Kier alpha value is -1.31. The van der Waals surface area contributed by atoms with Crippen LogP contribution in [0.15, 0.2) is 24.3 Å². The molecule has 2 nitrogen and oxygen atoms in total. The Labute approximate surface area is 115 Å². The van der Waals surface area contributed by atoms with Gasteiger partial charge in [-0.2, -0.15) is 0 Å². The number of fused-ring (bicyclic) bond motifs is 1. The summed E-state index contributed by atoms with van der Waals surface area (Å²) in [5.74, 6) is 1.16. The van der Waals surface area contributed by atoms with E-state index in [4.69, 9.17) is 0 Å². The lowest BCUT2D eigenvalue weighted by atomic mass is 9.81. The Bertz CT molecular complexity index is 468. The van der Waals surface area contributed by atoms with Crippen molar-refractivity contribution < 1.29 is 4.79 Å². The monoisotopic (exact) mass is 257 g/mol. The van der Waals surface area contributed by atoms with Gasteiger partial charge in [0.15, 0.2) is 0 Å². The van der Waals surface area contributed by atoms with E-state index in [-0.39, 0.29) is 5.92 Å². The molecule has 0 N–H and O–H groups in total. The zero-order valence-electron chi connectivity index (χ0n) is 11.8. The number of carbonyl (C=O) groups excluding carboxylic acids is 1. The topological polar surface area (TPSA) is 20.3 Å². The Morgan fingerprint density at radius 1 is 1.21 bits per heavy atom. The molecule has 2 aliphatic rings. The average molecular weight is 257 g/mol. The van der Waals surface area contributed by atoms with E-state index in [1.54, 1.807) is 0 Å². The molecule has 1 heterocycles. The van der Waals surface area contributed by atoms with Gasteiger partial charge in [-0.15, -0.1) is 0 Å². The van der Waals surface area contributed by atoms with Crippen LogP contribution in [-0.2, 0) is 11.2 Å². The quantitative estimate of drug-likeness (QED) is 0.755. The molecule has 1 saturated heterocycles. The lowest BCUT2D eigenvalue weighted by Gasteiger charge is -2.35. The molecule has 19 heavy (non-hydrogen) atoms. The molecule has 0 spiro atoms. The van der Waals surface area contributed by atoms with E-state index < -0.39 is 0 Å². The van der Waals surface area contributed by atoms with Crippen molar-refractivity contribution in [2.24, 2.45) is 5.92 Å². The molecule has 0 radical (unpaired) electrons. The fourth-order valence-electron chi connectivity index (χ4n) is 3.62. The zero-order valence-corrected chi connectivity index (χ0v) is 11.8. The van der Waals surface area contributed by atoms with E-state index in [9.17, 15) is 4.79 Å². The SMILES string of the molecule is CC1CCCN(C(=O)C2CCCc3ccccc32)C1. The van der Waals surface area contributed by atoms with Crippen LogP contribution in [0.1, 0.15) is 49.7 Å². The standard InChI is InChI=1S/C17H23NO/c1-13-6-5-11-18(12-13)17(19)16-10-4-8-14-7-2-3-9-15(14)16/h2-3,7,9,13,16H,4-6,8,10-12H2,1H3. The third kappa shape index (κ3) is 2.54. The minimum atomic E-state index is 0.121. The molecular formula is C17H23NO. The van der Waals surface area contributed by atoms with Crippen LogP contribution in [0, 0.1) is 5.92 Å². The highest BCUT2D eigenvalue weighted by atomic mass is 16.2. The van der Waals surface area contributed by atoms with Crippen LogP contribution in [0.5, 0.6) is 0 Å². The maximum absolute atomic E-state index is 12.8. The van der Waals surface area contributed by atoms with Crippen LogP contribution in [0.4, 0.5) is 0 Å². The first-order chi connectivity index (χ1) is 9.25. The second kappa shape index (κ2) is 5.36. The first-order valence-electron chi connectivity index (χ1n) is 7.62. The Kier molecular flexibility index (Phi) is 3.58. The van der Waals surface area contributed by atoms with E-state index in [0.29, 0.717) is 11.8 Å². The predicted molar refractivity (Wildman–Crippen MR) is 77.1 cm³/mol. The summed E-state index contributed by atoms with van der Waals surface area (Å²) in [4.78, 5) is 14.9. The van der Waals surface area contributed by atoms with Gasteiger partial charge < -0.3 is 4.90 Å². The van der Waals surface area contributed by atoms with Crippen molar-refractivity contribution in [3.8, 4) is 0 Å². The summed E-state index contributed by atoms with van der Waals surface area (Å²) in [6.45, 7) is 4.17. The molecule has 1 aromatic rings. The number of likely N-dealkylation sites (tertiary alicyclic amines) is 1. The van der Waals surface area contributed by atoms with Gasteiger partial charge in [0.25, 0.3) is 0 Å². The molecule has 102 valence electrons. The third-order valence-electron chi connectivity index (χ3n) is 4.64. The van der Waals surface area contributed by atoms with Gasteiger partial charge in [0, 0.05) is 13.1 Å². The molecule has 1 fully saturated rings. The summed E-state index contributed by atoms with van der Waals surface area (Å²) in [7, 11) is 0. The molecule has 3 rings (SSSR count). The third-order valence-corrected chi connectivity index (χ3v) is 4.64. The van der Waals surface area contributed by atoms with Gasteiger partial charge in [-0.1, -0.05) is 31.2 Å². The van der Waals surface area contributed by atoms with E-state index in [2.05, 4.69) is 36.1 Å². The highest BCUT2D eigenvalue weighted by Gasteiger charge is 2.31. The second-order valence-corrected chi connectivity index (χ2v) is 6.18. The van der Waals surface area contributed by atoms with Crippen molar-refractivity contribution in [1.82, 2.24) is 4.90 Å². The summed E-state index contributed by atoms with van der Waals surface area (Å²) >= 11 is 0. The van der Waals surface area contributed by atoms with E-state index in [1.165, 1.54) is 24.0 Å². The number of carbonyl (C=O) groups is 1. The molecule has 0 saturated carbocycles. The van der Waals surface area contributed by atoms with Gasteiger partial charge in [-0.3, -0.25) is 4.79 Å². The summed E-state index contributed by atoms with van der Waals surface area (Å²) in [5.41, 5.74) is 2.68. The zero-order chi connectivity index (χ0) is 13.2. The Morgan fingerprint density at radius 3 is 2.89 bits per heavy atom. The lowest BCUT2D eigenvalue weighted by molar-refractivity contribution is -0.134. The molecule has 2 atom stereocenters. The minimum absolute atomic E-state index is 0.121. The predicted octanol–water partition coefficient (Wildman–Crippen LogP) is 3.37. The average Bonchev–Trinajstić information content (AvgIpc) is 2.46. The van der Waals surface area contributed by atoms with Gasteiger partial charge >= 0.3 is 0 Å². The van der Waals surface area contributed by atoms with Gasteiger partial charge in [0.05, 0.1) is 5.92 Å². The van der Waals surface area contributed by atoms with Crippen molar-refractivity contribution in [3.63, 3.8) is 0 Å². The summed E-state index contributed by atoms with van der Waals surface area (Å²) < 4.78 is 0.